The van der Waals surface area contributed by atoms with E-state index in [0.717, 1.165) is 26.3 Å². The molecular weight excluding hydrogens is 184 g/mol. The van der Waals surface area contributed by atoms with Crippen LogP contribution < -0.4 is 5.73 Å². The molecule has 0 atom stereocenters. The first-order valence-corrected chi connectivity index (χ1v) is 4.70. The third kappa shape index (κ3) is 2.28. The molecule has 1 aromatic heterocycles. The summed E-state index contributed by atoms with van der Waals surface area (Å²) < 4.78 is 10.1. The molecule has 0 radical (unpaired) electrons. The number of ether oxygens (including phenoxy) is 1. The van der Waals surface area contributed by atoms with Gasteiger partial charge >= 0.3 is 0 Å². The topological polar surface area (TPSA) is 77.4 Å². The molecule has 1 aromatic rings. The molecule has 0 unspecified atom stereocenters. The van der Waals surface area contributed by atoms with E-state index in [9.17, 15) is 0 Å². The number of nitrogens with zero attached hydrogens (tertiary/aromatic N) is 3. The summed E-state index contributed by atoms with van der Waals surface area (Å²) >= 11 is 0. The summed E-state index contributed by atoms with van der Waals surface area (Å²) in [7, 11) is 0. The Balaban J connectivity index is 1.89. The summed E-state index contributed by atoms with van der Waals surface area (Å²) in [6, 6.07) is 0. The Morgan fingerprint density at radius 1 is 1.36 bits per heavy atom. The first-order chi connectivity index (χ1) is 6.88. The molecule has 2 rings (SSSR count). The van der Waals surface area contributed by atoms with E-state index in [1.54, 1.807) is 0 Å². The first-order valence-electron chi connectivity index (χ1n) is 4.70. The third-order valence-corrected chi connectivity index (χ3v) is 2.15. The first kappa shape index (κ1) is 9.57. The highest BCUT2D eigenvalue weighted by Crippen LogP contribution is 2.03. The second-order valence-electron chi connectivity index (χ2n) is 3.20. The van der Waals surface area contributed by atoms with E-state index in [2.05, 4.69) is 15.0 Å². The van der Waals surface area contributed by atoms with Crippen molar-refractivity contribution in [2.24, 2.45) is 5.73 Å². The van der Waals surface area contributed by atoms with Crippen LogP contribution in [0.4, 0.5) is 0 Å². The molecule has 1 saturated heterocycles. The second-order valence-corrected chi connectivity index (χ2v) is 3.20. The fraction of sp³-hybridized carbons (Fsp3) is 0.750. The van der Waals surface area contributed by atoms with E-state index in [0.29, 0.717) is 24.8 Å². The van der Waals surface area contributed by atoms with Crippen molar-refractivity contribution in [2.45, 2.75) is 13.1 Å². The van der Waals surface area contributed by atoms with E-state index >= 15 is 0 Å². The highest BCUT2D eigenvalue weighted by Gasteiger charge is 2.13. The van der Waals surface area contributed by atoms with E-state index in [1.165, 1.54) is 0 Å². The Labute approximate surface area is 82.0 Å². The monoisotopic (exact) mass is 198 g/mol. The van der Waals surface area contributed by atoms with Crippen molar-refractivity contribution in [1.82, 2.24) is 15.0 Å². The van der Waals surface area contributed by atoms with Gasteiger partial charge in [-0.3, -0.25) is 4.90 Å². The van der Waals surface area contributed by atoms with Gasteiger partial charge in [0.05, 0.1) is 26.3 Å². The highest BCUT2D eigenvalue weighted by atomic mass is 16.5. The number of hydrogen-bond donors (Lipinski definition) is 1. The van der Waals surface area contributed by atoms with Crippen LogP contribution in [0.15, 0.2) is 4.52 Å². The van der Waals surface area contributed by atoms with E-state index in [-0.39, 0.29) is 0 Å². The fourth-order valence-corrected chi connectivity index (χ4v) is 1.40. The molecule has 6 nitrogen and oxygen atoms in total. The number of hydrogen-bond acceptors (Lipinski definition) is 6. The van der Waals surface area contributed by atoms with Gasteiger partial charge in [0.1, 0.15) is 0 Å². The maximum atomic E-state index is 5.37. The van der Waals surface area contributed by atoms with Crippen molar-refractivity contribution in [3.8, 4) is 0 Å². The van der Waals surface area contributed by atoms with Crippen molar-refractivity contribution >= 4 is 0 Å². The van der Waals surface area contributed by atoms with E-state index in [4.69, 9.17) is 15.0 Å². The summed E-state index contributed by atoms with van der Waals surface area (Å²) in [5, 5.41) is 3.83. The molecule has 78 valence electrons. The zero-order valence-electron chi connectivity index (χ0n) is 7.98. The van der Waals surface area contributed by atoms with Crippen LogP contribution in [-0.4, -0.2) is 41.3 Å². The van der Waals surface area contributed by atoms with Crippen molar-refractivity contribution in [3.63, 3.8) is 0 Å². The van der Waals surface area contributed by atoms with Gasteiger partial charge in [0.2, 0.25) is 5.89 Å². The summed E-state index contributed by atoms with van der Waals surface area (Å²) in [4.78, 5) is 6.37. The van der Waals surface area contributed by atoms with Crippen LogP contribution in [0.2, 0.25) is 0 Å². The predicted octanol–water partition coefficient (Wildman–Crippen LogP) is -0.639. The molecule has 0 saturated carbocycles. The normalized spacial score (nSPS) is 18.6. The standard InChI is InChI=1S/C8H14N4O2/c9-5-8-10-7(11-14-8)6-12-1-3-13-4-2-12/h1-6,9H2. The Hall–Kier alpha value is -0.980. The maximum absolute atomic E-state index is 5.37. The van der Waals surface area contributed by atoms with Crippen LogP contribution in [0, 0.1) is 0 Å². The molecule has 0 aliphatic carbocycles. The van der Waals surface area contributed by atoms with Gasteiger partial charge in [0, 0.05) is 13.1 Å². The highest BCUT2D eigenvalue weighted by molar-refractivity contribution is 4.86. The number of aromatic nitrogens is 2. The summed E-state index contributed by atoms with van der Waals surface area (Å²) in [6.45, 7) is 4.42. The molecule has 1 fully saturated rings. The molecular formula is C8H14N4O2. The van der Waals surface area contributed by atoms with Crippen molar-refractivity contribution in [3.05, 3.63) is 11.7 Å². The average molecular weight is 198 g/mol. The minimum Gasteiger partial charge on any atom is -0.379 e. The second kappa shape index (κ2) is 4.50. The molecule has 0 spiro atoms. The Morgan fingerprint density at radius 3 is 2.79 bits per heavy atom. The minimum atomic E-state index is 0.302. The van der Waals surface area contributed by atoms with Gasteiger partial charge in [0.15, 0.2) is 5.82 Å². The molecule has 2 N–H and O–H groups in total. The molecule has 6 heteroatoms. The van der Waals surface area contributed by atoms with Crippen LogP contribution in [-0.2, 0) is 17.8 Å². The van der Waals surface area contributed by atoms with Gasteiger partial charge < -0.3 is 15.0 Å². The quantitative estimate of drug-likeness (QED) is 0.696. The van der Waals surface area contributed by atoms with Crippen LogP contribution in [0.5, 0.6) is 0 Å². The minimum absolute atomic E-state index is 0.302. The van der Waals surface area contributed by atoms with Crippen LogP contribution in [0.1, 0.15) is 11.7 Å². The SMILES string of the molecule is NCc1nc(CN2CCOCC2)no1. The van der Waals surface area contributed by atoms with Crippen LogP contribution in [0.25, 0.3) is 0 Å². The maximum Gasteiger partial charge on any atom is 0.240 e. The number of rotatable bonds is 3. The zero-order chi connectivity index (χ0) is 9.80. The largest absolute Gasteiger partial charge is 0.379 e. The zero-order valence-corrected chi connectivity index (χ0v) is 7.98. The summed E-state index contributed by atoms with van der Waals surface area (Å²) in [6.07, 6.45) is 0. The molecule has 0 amide bonds. The van der Waals surface area contributed by atoms with Gasteiger partial charge in [-0.2, -0.15) is 4.98 Å². The summed E-state index contributed by atoms with van der Waals surface area (Å²) in [5.74, 6) is 1.20. The lowest BCUT2D eigenvalue weighted by molar-refractivity contribution is 0.0327. The van der Waals surface area contributed by atoms with E-state index in [1.807, 2.05) is 0 Å². The van der Waals surface area contributed by atoms with Gasteiger partial charge in [0.25, 0.3) is 0 Å². The van der Waals surface area contributed by atoms with Crippen LogP contribution in [0.3, 0.4) is 0 Å². The van der Waals surface area contributed by atoms with Gasteiger partial charge in [-0.05, 0) is 0 Å². The molecule has 2 heterocycles. The van der Waals surface area contributed by atoms with Crippen molar-refractivity contribution in [2.75, 3.05) is 26.3 Å². The van der Waals surface area contributed by atoms with Crippen LogP contribution >= 0.6 is 0 Å². The molecule has 0 bridgehead atoms. The number of nitrogens with two attached hydrogens (primary N) is 1. The molecule has 14 heavy (non-hydrogen) atoms. The van der Waals surface area contributed by atoms with Gasteiger partial charge in [-0.1, -0.05) is 5.16 Å². The Morgan fingerprint density at radius 2 is 2.14 bits per heavy atom. The lowest BCUT2D eigenvalue weighted by atomic mass is 10.4. The molecule has 1 aliphatic rings. The smallest absolute Gasteiger partial charge is 0.240 e. The Kier molecular flexibility index (Phi) is 3.07. The van der Waals surface area contributed by atoms with Crippen molar-refractivity contribution in [1.29, 1.82) is 0 Å². The molecule has 1 aliphatic heterocycles. The third-order valence-electron chi connectivity index (χ3n) is 2.15. The van der Waals surface area contributed by atoms with Gasteiger partial charge in [-0.15, -0.1) is 0 Å². The van der Waals surface area contributed by atoms with Crippen molar-refractivity contribution < 1.29 is 9.26 Å². The average Bonchev–Trinajstić information content (AvgIpc) is 2.67. The lowest BCUT2D eigenvalue weighted by Gasteiger charge is -2.24. The fourth-order valence-electron chi connectivity index (χ4n) is 1.40. The summed E-state index contributed by atoms with van der Waals surface area (Å²) in [5.41, 5.74) is 5.37. The predicted molar refractivity (Wildman–Crippen MR) is 48.3 cm³/mol. The van der Waals surface area contributed by atoms with Gasteiger partial charge in [-0.25, -0.2) is 0 Å². The van der Waals surface area contributed by atoms with E-state index < -0.39 is 0 Å². The molecule has 0 aromatic carbocycles. The number of morpholine rings is 1. The lowest BCUT2D eigenvalue weighted by Crippen LogP contribution is -2.35. The Bertz CT molecular complexity index is 283.